The lowest BCUT2D eigenvalue weighted by molar-refractivity contribution is -0.126. The topological polar surface area (TPSA) is 86.7 Å². The zero-order valence-corrected chi connectivity index (χ0v) is 13.7. The van der Waals surface area contributed by atoms with E-state index in [9.17, 15) is 14.4 Å². The summed E-state index contributed by atoms with van der Waals surface area (Å²) in [5.74, 6) is -1.62. The number of rotatable bonds is 3. The molecular formula is C15H17BrN2O4. The average molecular weight is 369 g/mol. The number of amides is 2. The van der Waals surface area contributed by atoms with E-state index in [1.807, 2.05) is 0 Å². The number of hydrogen-bond acceptors (Lipinski definition) is 3. The number of nitrogens with zero attached hydrogens (tertiary/aromatic N) is 1. The molecule has 2 amide bonds. The van der Waals surface area contributed by atoms with E-state index in [1.54, 1.807) is 13.1 Å². The molecular weight excluding hydrogens is 352 g/mol. The average Bonchev–Trinajstić information content (AvgIpc) is 2.52. The Kier molecular flexibility index (Phi) is 5.18. The highest BCUT2D eigenvalue weighted by Gasteiger charge is 2.32. The molecule has 1 fully saturated rings. The number of aromatic carboxylic acids is 1. The summed E-state index contributed by atoms with van der Waals surface area (Å²) in [7, 11) is 1.54. The SMILES string of the molecule is CNC(=O)C1CCCCN1C(=O)c1cc(Br)cc(C(=O)O)c1. The second-order valence-corrected chi connectivity index (χ2v) is 6.07. The van der Waals surface area contributed by atoms with Crippen LogP contribution in [0.5, 0.6) is 0 Å². The minimum Gasteiger partial charge on any atom is -0.478 e. The van der Waals surface area contributed by atoms with Crippen molar-refractivity contribution in [2.45, 2.75) is 25.3 Å². The van der Waals surface area contributed by atoms with E-state index in [0.717, 1.165) is 12.8 Å². The molecule has 2 rings (SSSR count). The van der Waals surface area contributed by atoms with Gasteiger partial charge in [-0.2, -0.15) is 0 Å². The van der Waals surface area contributed by atoms with Crippen LogP contribution in [0.4, 0.5) is 0 Å². The molecule has 1 aliphatic heterocycles. The number of likely N-dealkylation sites (N-methyl/N-ethyl adjacent to an activating group) is 1. The Labute approximate surface area is 136 Å². The van der Waals surface area contributed by atoms with E-state index in [-0.39, 0.29) is 22.9 Å². The standard InChI is InChI=1S/C15H17BrN2O4/c1-17-13(19)12-4-2-3-5-18(12)14(20)9-6-10(15(21)22)8-11(16)7-9/h6-8,12H,2-5H2,1H3,(H,17,19)(H,21,22). The maximum absolute atomic E-state index is 12.7. The highest BCUT2D eigenvalue weighted by atomic mass is 79.9. The third kappa shape index (κ3) is 3.47. The second kappa shape index (κ2) is 6.91. The number of carboxylic acids is 1. The van der Waals surface area contributed by atoms with E-state index in [1.165, 1.54) is 17.0 Å². The number of nitrogens with one attached hydrogen (secondary N) is 1. The summed E-state index contributed by atoms with van der Waals surface area (Å²) in [6, 6.07) is 3.85. The minimum absolute atomic E-state index is 0.0335. The zero-order valence-electron chi connectivity index (χ0n) is 12.1. The van der Waals surface area contributed by atoms with Gasteiger partial charge in [-0.05, 0) is 37.5 Å². The predicted molar refractivity (Wildman–Crippen MR) is 83.8 cm³/mol. The first kappa shape index (κ1) is 16.5. The summed E-state index contributed by atoms with van der Waals surface area (Å²) in [6.45, 7) is 0.492. The van der Waals surface area contributed by atoms with Crippen molar-refractivity contribution in [3.63, 3.8) is 0 Å². The molecule has 1 unspecified atom stereocenters. The third-order valence-electron chi connectivity index (χ3n) is 3.70. The van der Waals surface area contributed by atoms with Crippen molar-refractivity contribution in [2.24, 2.45) is 0 Å². The van der Waals surface area contributed by atoms with Crippen molar-refractivity contribution in [1.82, 2.24) is 10.2 Å². The number of hydrogen-bond donors (Lipinski definition) is 2. The Morgan fingerprint density at radius 2 is 1.91 bits per heavy atom. The smallest absolute Gasteiger partial charge is 0.335 e. The fourth-order valence-electron chi connectivity index (χ4n) is 2.62. The van der Waals surface area contributed by atoms with Gasteiger partial charge in [0, 0.05) is 23.6 Å². The molecule has 0 aliphatic carbocycles. The molecule has 1 atom stereocenters. The van der Waals surface area contributed by atoms with Crippen LogP contribution in [-0.4, -0.2) is 47.4 Å². The molecule has 118 valence electrons. The van der Waals surface area contributed by atoms with Crippen LogP contribution in [0, 0.1) is 0 Å². The van der Waals surface area contributed by atoms with Gasteiger partial charge in [0.05, 0.1) is 5.56 Å². The van der Waals surface area contributed by atoms with Crippen LogP contribution < -0.4 is 5.32 Å². The largest absolute Gasteiger partial charge is 0.478 e. The van der Waals surface area contributed by atoms with E-state index >= 15 is 0 Å². The van der Waals surface area contributed by atoms with Crippen LogP contribution in [0.2, 0.25) is 0 Å². The van der Waals surface area contributed by atoms with Crippen molar-refractivity contribution in [3.05, 3.63) is 33.8 Å². The van der Waals surface area contributed by atoms with Gasteiger partial charge in [-0.25, -0.2) is 4.79 Å². The molecule has 22 heavy (non-hydrogen) atoms. The zero-order chi connectivity index (χ0) is 16.3. The number of carbonyl (C=O) groups excluding carboxylic acids is 2. The predicted octanol–water partition coefficient (Wildman–Crippen LogP) is 1.89. The van der Waals surface area contributed by atoms with E-state index in [2.05, 4.69) is 21.2 Å². The molecule has 0 radical (unpaired) electrons. The van der Waals surface area contributed by atoms with Gasteiger partial charge in [-0.15, -0.1) is 0 Å². The number of piperidine rings is 1. The first-order chi connectivity index (χ1) is 10.4. The maximum Gasteiger partial charge on any atom is 0.335 e. The van der Waals surface area contributed by atoms with Crippen molar-refractivity contribution in [1.29, 1.82) is 0 Å². The number of benzene rings is 1. The van der Waals surface area contributed by atoms with Gasteiger partial charge in [0.15, 0.2) is 0 Å². The first-order valence-corrected chi connectivity index (χ1v) is 7.79. The van der Waals surface area contributed by atoms with Crippen LogP contribution in [0.1, 0.15) is 40.0 Å². The summed E-state index contributed by atoms with van der Waals surface area (Å²) in [5.41, 5.74) is 0.300. The molecule has 0 bridgehead atoms. The van der Waals surface area contributed by atoms with Gasteiger partial charge in [-0.3, -0.25) is 9.59 Å². The van der Waals surface area contributed by atoms with E-state index in [4.69, 9.17) is 5.11 Å². The summed E-state index contributed by atoms with van der Waals surface area (Å²) in [5, 5.41) is 11.7. The third-order valence-corrected chi connectivity index (χ3v) is 4.16. The Morgan fingerprint density at radius 1 is 1.23 bits per heavy atom. The van der Waals surface area contributed by atoms with Gasteiger partial charge >= 0.3 is 5.97 Å². The summed E-state index contributed by atoms with van der Waals surface area (Å²) >= 11 is 3.22. The molecule has 0 saturated carbocycles. The second-order valence-electron chi connectivity index (χ2n) is 5.16. The lowest BCUT2D eigenvalue weighted by Crippen LogP contribution is -2.51. The highest BCUT2D eigenvalue weighted by Crippen LogP contribution is 2.23. The van der Waals surface area contributed by atoms with Crippen LogP contribution in [-0.2, 0) is 4.79 Å². The van der Waals surface area contributed by atoms with E-state index < -0.39 is 12.0 Å². The van der Waals surface area contributed by atoms with Crippen molar-refractivity contribution in [2.75, 3.05) is 13.6 Å². The highest BCUT2D eigenvalue weighted by molar-refractivity contribution is 9.10. The van der Waals surface area contributed by atoms with Crippen molar-refractivity contribution in [3.8, 4) is 0 Å². The Bertz CT molecular complexity index is 618. The Hall–Kier alpha value is -1.89. The van der Waals surface area contributed by atoms with Crippen molar-refractivity contribution >= 4 is 33.7 Å². The molecule has 1 heterocycles. The molecule has 1 aromatic rings. The number of carboxylic acid groups (broad SMARTS) is 1. The Morgan fingerprint density at radius 3 is 2.55 bits per heavy atom. The molecule has 0 aromatic heterocycles. The molecule has 1 aliphatic rings. The number of likely N-dealkylation sites (tertiary alicyclic amines) is 1. The van der Waals surface area contributed by atoms with Crippen molar-refractivity contribution < 1.29 is 19.5 Å². The first-order valence-electron chi connectivity index (χ1n) is 7.00. The van der Waals surface area contributed by atoms with Gasteiger partial charge < -0.3 is 15.3 Å². The molecule has 0 spiro atoms. The summed E-state index contributed by atoms with van der Waals surface area (Å²) in [4.78, 5) is 37.3. The fraction of sp³-hybridized carbons (Fsp3) is 0.400. The normalized spacial score (nSPS) is 17.9. The lowest BCUT2D eigenvalue weighted by atomic mass is 9.99. The van der Waals surface area contributed by atoms with Crippen LogP contribution in [0.3, 0.4) is 0 Å². The molecule has 1 saturated heterocycles. The van der Waals surface area contributed by atoms with Crippen LogP contribution >= 0.6 is 15.9 Å². The summed E-state index contributed by atoms with van der Waals surface area (Å²) in [6.07, 6.45) is 2.34. The van der Waals surface area contributed by atoms with Gasteiger partial charge in [0.2, 0.25) is 5.91 Å². The van der Waals surface area contributed by atoms with Gasteiger partial charge in [-0.1, -0.05) is 15.9 Å². The number of carbonyl (C=O) groups is 3. The molecule has 7 heteroatoms. The van der Waals surface area contributed by atoms with Crippen LogP contribution in [0.15, 0.2) is 22.7 Å². The van der Waals surface area contributed by atoms with Crippen LogP contribution in [0.25, 0.3) is 0 Å². The van der Waals surface area contributed by atoms with E-state index in [0.29, 0.717) is 17.4 Å². The molecule has 6 nitrogen and oxygen atoms in total. The Balaban J connectivity index is 2.33. The molecule has 1 aromatic carbocycles. The molecule has 2 N–H and O–H groups in total. The quantitative estimate of drug-likeness (QED) is 0.852. The number of halogens is 1. The van der Waals surface area contributed by atoms with Gasteiger partial charge in [0.1, 0.15) is 6.04 Å². The monoisotopic (exact) mass is 368 g/mol. The maximum atomic E-state index is 12.7. The van der Waals surface area contributed by atoms with Gasteiger partial charge in [0.25, 0.3) is 5.91 Å². The minimum atomic E-state index is -1.10. The summed E-state index contributed by atoms with van der Waals surface area (Å²) < 4.78 is 0.518. The fourth-order valence-corrected chi connectivity index (χ4v) is 3.11. The lowest BCUT2D eigenvalue weighted by Gasteiger charge is -2.34.